The largest absolute Gasteiger partial charge is 0.508 e. The molecule has 0 aromatic heterocycles. The van der Waals surface area contributed by atoms with Gasteiger partial charge >= 0.3 is 0 Å². The van der Waals surface area contributed by atoms with E-state index in [0.717, 1.165) is 6.04 Å². The van der Waals surface area contributed by atoms with Gasteiger partial charge in [-0.2, -0.15) is 0 Å². The summed E-state index contributed by atoms with van der Waals surface area (Å²) in [5.74, 6) is 1.04. The predicted octanol–water partition coefficient (Wildman–Crippen LogP) is 3.54. The summed E-state index contributed by atoms with van der Waals surface area (Å²) in [6.45, 7) is 7.25. The lowest BCUT2D eigenvalue weighted by Gasteiger charge is -2.51. The van der Waals surface area contributed by atoms with E-state index >= 15 is 0 Å². The summed E-state index contributed by atoms with van der Waals surface area (Å²) in [5.41, 5.74) is 1.52. The minimum absolute atomic E-state index is 0.206. The second-order valence-corrected chi connectivity index (χ2v) is 6.72. The van der Waals surface area contributed by atoms with Crippen LogP contribution in [0.5, 0.6) is 5.75 Å². The first kappa shape index (κ1) is 13.0. The van der Waals surface area contributed by atoms with Gasteiger partial charge in [-0.3, -0.25) is 0 Å². The first-order chi connectivity index (χ1) is 9.09. The molecule has 3 rings (SSSR count). The van der Waals surface area contributed by atoms with Crippen LogP contribution < -0.4 is 0 Å². The van der Waals surface area contributed by atoms with Gasteiger partial charge in [-0.05, 0) is 54.8 Å². The average molecular weight is 259 g/mol. The molecule has 2 nitrogen and oxygen atoms in total. The highest BCUT2D eigenvalue weighted by atomic mass is 16.3. The summed E-state index contributed by atoms with van der Waals surface area (Å²) in [5, 5.41) is 9.77. The van der Waals surface area contributed by atoms with E-state index in [9.17, 15) is 5.11 Å². The fourth-order valence-electron chi connectivity index (χ4n) is 4.04. The Hall–Kier alpha value is -1.02. The smallest absolute Gasteiger partial charge is 0.115 e. The highest BCUT2D eigenvalue weighted by Gasteiger charge is 2.43. The average Bonchev–Trinajstić information content (AvgIpc) is 2.40. The van der Waals surface area contributed by atoms with Crippen molar-refractivity contribution in [1.82, 2.24) is 4.90 Å². The number of nitrogens with zero attached hydrogens (tertiary/aromatic N) is 1. The molecule has 104 valence electrons. The van der Waals surface area contributed by atoms with E-state index < -0.39 is 0 Å². The van der Waals surface area contributed by atoms with Crippen molar-refractivity contribution in [3.63, 3.8) is 0 Å². The number of aromatic hydroxyl groups is 1. The topological polar surface area (TPSA) is 23.5 Å². The molecule has 0 unspecified atom stereocenters. The first-order valence-corrected chi connectivity index (χ1v) is 7.63. The lowest BCUT2D eigenvalue weighted by molar-refractivity contribution is 0.0308. The SMILES string of the molecule is C[C@H]1CN2CCCC[C@H]2C[C@@]1(C)c1cccc(O)c1. The number of hydrogen-bond donors (Lipinski definition) is 1. The van der Waals surface area contributed by atoms with Crippen molar-refractivity contribution in [3.05, 3.63) is 29.8 Å². The van der Waals surface area contributed by atoms with E-state index in [2.05, 4.69) is 24.8 Å². The Morgan fingerprint density at radius 1 is 1.32 bits per heavy atom. The zero-order chi connectivity index (χ0) is 13.5. The maximum atomic E-state index is 9.77. The lowest BCUT2D eigenvalue weighted by Crippen LogP contribution is -2.54. The van der Waals surface area contributed by atoms with E-state index in [4.69, 9.17) is 0 Å². The van der Waals surface area contributed by atoms with E-state index in [1.54, 1.807) is 6.07 Å². The molecule has 1 N–H and O–H groups in total. The third-order valence-electron chi connectivity index (χ3n) is 5.51. The molecule has 1 aromatic rings. The van der Waals surface area contributed by atoms with E-state index in [-0.39, 0.29) is 5.41 Å². The monoisotopic (exact) mass is 259 g/mol. The highest BCUT2D eigenvalue weighted by Crippen LogP contribution is 2.44. The molecule has 2 heterocycles. The quantitative estimate of drug-likeness (QED) is 0.834. The van der Waals surface area contributed by atoms with Gasteiger partial charge in [-0.1, -0.05) is 32.4 Å². The number of benzene rings is 1. The Balaban J connectivity index is 1.90. The molecule has 0 aliphatic carbocycles. The van der Waals surface area contributed by atoms with Gasteiger partial charge in [0.05, 0.1) is 0 Å². The summed E-state index contributed by atoms with van der Waals surface area (Å²) in [7, 11) is 0. The third-order valence-corrected chi connectivity index (χ3v) is 5.51. The molecule has 0 spiro atoms. The normalized spacial score (nSPS) is 35.9. The molecule has 2 aliphatic rings. The Kier molecular flexibility index (Phi) is 3.30. The van der Waals surface area contributed by atoms with E-state index in [1.807, 2.05) is 12.1 Å². The van der Waals surface area contributed by atoms with Gasteiger partial charge < -0.3 is 10.0 Å². The Bertz CT molecular complexity index is 458. The number of fused-ring (bicyclic) bond motifs is 1. The van der Waals surface area contributed by atoms with Crippen molar-refractivity contribution in [2.24, 2.45) is 5.92 Å². The summed E-state index contributed by atoms with van der Waals surface area (Å²) in [6.07, 6.45) is 5.33. The van der Waals surface area contributed by atoms with Crippen LogP contribution in [-0.2, 0) is 5.41 Å². The van der Waals surface area contributed by atoms with Crippen molar-refractivity contribution in [1.29, 1.82) is 0 Å². The molecule has 0 radical (unpaired) electrons. The summed E-state index contributed by atoms with van der Waals surface area (Å²) >= 11 is 0. The van der Waals surface area contributed by atoms with E-state index in [0.29, 0.717) is 11.7 Å². The van der Waals surface area contributed by atoms with Gasteiger partial charge in [0.1, 0.15) is 5.75 Å². The lowest BCUT2D eigenvalue weighted by atomic mass is 9.65. The second-order valence-electron chi connectivity index (χ2n) is 6.72. The van der Waals surface area contributed by atoms with Gasteiger partial charge in [-0.25, -0.2) is 0 Å². The second kappa shape index (κ2) is 4.82. The Morgan fingerprint density at radius 2 is 2.16 bits per heavy atom. The summed E-state index contributed by atoms with van der Waals surface area (Å²) in [6, 6.07) is 8.66. The minimum atomic E-state index is 0.206. The van der Waals surface area contributed by atoms with Crippen LogP contribution in [0, 0.1) is 5.92 Å². The molecule has 1 aromatic carbocycles. The molecule has 0 saturated carbocycles. The highest BCUT2D eigenvalue weighted by molar-refractivity contribution is 5.34. The predicted molar refractivity (Wildman–Crippen MR) is 78.5 cm³/mol. The maximum Gasteiger partial charge on any atom is 0.115 e. The molecule has 19 heavy (non-hydrogen) atoms. The van der Waals surface area contributed by atoms with Crippen molar-refractivity contribution in [3.8, 4) is 5.75 Å². The standard InChI is InChI=1S/C17H25NO/c1-13-12-18-9-4-3-7-15(18)11-17(13,2)14-6-5-8-16(19)10-14/h5-6,8,10,13,15,19H,3-4,7,9,11-12H2,1-2H3/t13-,15-,17+/m0/s1. The Labute approximate surface area is 116 Å². The minimum Gasteiger partial charge on any atom is -0.508 e. The summed E-state index contributed by atoms with van der Waals surface area (Å²) in [4.78, 5) is 2.69. The van der Waals surface area contributed by atoms with Crippen LogP contribution in [0.4, 0.5) is 0 Å². The van der Waals surface area contributed by atoms with Crippen LogP contribution >= 0.6 is 0 Å². The van der Waals surface area contributed by atoms with Gasteiger partial charge in [0, 0.05) is 12.6 Å². The zero-order valence-corrected chi connectivity index (χ0v) is 12.1. The first-order valence-electron chi connectivity index (χ1n) is 7.63. The molecule has 2 saturated heterocycles. The van der Waals surface area contributed by atoms with Crippen LogP contribution in [-0.4, -0.2) is 29.1 Å². The summed E-state index contributed by atoms with van der Waals surface area (Å²) < 4.78 is 0. The van der Waals surface area contributed by atoms with Crippen molar-refractivity contribution < 1.29 is 5.11 Å². The number of phenols is 1. The van der Waals surface area contributed by atoms with Crippen molar-refractivity contribution in [2.75, 3.05) is 13.1 Å². The molecule has 2 fully saturated rings. The Morgan fingerprint density at radius 3 is 2.95 bits per heavy atom. The van der Waals surface area contributed by atoms with Gasteiger partial charge in [0.15, 0.2) is 0 Å². The fraction of sp³-hybridized carbons (Fsp3) is 0.647. The number of piperidine rings is 2. The van der Waals surface area contributed by atoms with Gasteiger partial charge in [0.2, 0.25) is 0 Å². The van der Waals surface area contributed by atoms with Crippen LogP contribution in [0.1, 0.15) is 45.1 Å². The zero-order valence-electron chi connectivity index (χ0n) is 12.1. The van der Waals surface area contributed by atoms with Crippen LogP contribution in [0.25, 0.3) is 0 Å². The van der Waals surface area contributed by atoms with Crippen molar-refractivity contribution in [2.45, 2.75) is 51.0 Å². The van der Waals surface area contributed by atoms with Crippen molar-refractivity contribution >= 4 is 0 Å². The molecular weight excluding hydrogens is 234 g/mol. The molecule has 2 heteroatoms. The number of hydrogen-bond acceptors (Lipinski definition) is 2. The molecule has 3 atom stereocenters. The molecular formula is C17H25NO. The van der Waals surface area contributed by atoms with Gasteiger partial charge in [-0.15, -0.1) is 0 Å². The van der Waals surface area contributed by atoms with E-state index in [1.165, 1.54) is 44.3 Å². The van der Waals surface area contributed by atoms with Crippen LogP contribution in [0.2, 0.25) is 0 Å². The molecule has 0 amide bonds. The number of rotatable bonds is 1. The number of phenolic OH excluding ortho intramolecular Hbond substituents is 1. The molecule has 2 aliphatic heterocycles. The fourth-order valence-corrected chi connectivity index (χ4v) is 4.04. The van der Waals surface area contributed by atoms with Crippen LogP contribution in [0.15, 0.2) is 24.3 Å². The third kappa shape index (κ3) is 2.27. The van der Waals surface area contributed by atoms with Crippen LogP contribution in [0.3, 0.4) is 0 Å². The maximum absolute atomic E-state index is 9.77. The van der Waals surface area contributed by atoms with Gasteiger partial charge in [0.25, 0.3) is 0 Å². The molecule has 0 bridgehead atoms.